The Labute approximate surface area is 134 Å². The number of benzene rings is 2. The van der Waals surface area contributed by atoms with Crippen molar-refractivity contribution >= 4 is 5.69 Å². The van der Waals surface area contributed by atoms with E-state index in [1.54, 1.807) is 6.07 Å². The molecular weight excluding hydrogens is 322 g/mol. The normalized spacial score (nSPS) is 10.6. The molecule has 8 heteroatoms. The summed E-state index contributed by atoms with van der Waals surface area (Å²) in [6.45, 7) is -0.164. The molecule has 0 atom stereocenters. The van der Waals surface area contributed by atoms with Crippen LogP contribution in [0.4, 0.5) is 14.5 Å². The molecule has 0 aliphatic heterocycles. The van der Waals surface area contributed by atoms with Gasteiger partial charge in [0.2, 0.25) is 5.89 Å². The van der Waals surface area contributed by atoms with Gasteiger partial charge in [0.15, 0.2) is 5.75 Å². The fourth-order valence-corrected chi connectivity index (χ4v) is 2.03. The number of nitrogens with zero attached hydrogens (tertiary/aromatic N) is 2. The van der Waals surface area contributed by atoms with E-state index >= 15 is 0 Å². The van der Waals surface area contributed by atoms with Gasteiger partial charge in [0.25, 0.3) is 0 Å². The number of aromatic nitrogens is 1. The summed E-state index contributed by atoms with van der Waals surface area (Å²) in [5.74, 6) is -1.12. The molecule has 0 bridgehead atoms. The van der Waals surface area contributed by atoms with E-state index in [1.165, 1.54) is 24.5 Å². The van der Waals surface area contributed by atoms with Crippen LogP contribution in [0, 0.1) is 21.7 Å². The first kappa shape index (κ1) is 15.6. The van der Waals surface area contributed by atoms with Crippen molar-refractivity contribution in [3.8, 4) is 17.2 Å². The summed E-state index contributed by atoms with van der Waals surface area (Å²) in [4.78, 5) is 14.3. The summed E-state index contributed by atoms with van der Waals surface area (Å²) in [6.07, 6.45) is 1.28. The zero-order valence-electron chi connectivity index (χ0n) is 12.1. The Hall–Kier alpha value is -3.29. The Bertz CT molecular complexity index is 895. The van der Waals surface area contributed by atoms with Gasteiger partial charge in [0.05, 0.1) is 4.92 Å². The molecule has 0 aliphatic carbocycles. The van der Waals surface area contributed by atoms with Crippen LogP contribution in [-0.4, -0.2) is 9.91 Å². The predicted octanol–water partition coefficient (Wildman–Crippen LogP) is 4.11. The molecule has 24 heavy (non-hydrogen) atoms. The summed E-state index contributed by atoms with van der Waals surface area (Å²) >= 11 is 0. The number of halogens is 2. The molecule has 0 fully saturated rings. The first-order chi connectivity index (χ1) is 11.5. The van der Waals surface area contributed by atoms with Gasteiger partial charge in [0.1, 0.15) is 30.2 Å². The van der Waals surface area contributed by atoms with Crippen LogP contribution in [0.2, 0.25) is 0 Å². The fourth-order valence-electron chi connectivity index (χ4n) is 2.03. The Balaban J connectivity index is 1.77. The summed E-state index contributed by atoms with van der Waals surface area (Å²) < 4.78 is 36.9. The van der Waals surface area contributed by atoms with E-state index in [-0.39, 0.29) is 23.9 Å². The van der Waals surface area contributed by atoms with Crippen LogP contribution in [0.25, 0.3) is 11.5 Å². The van der Waals surface area contributed by atoms with Gasteiger partial charge in [-0.05, 0) is 24.3 Å². The van der Waals surface area contributed by atoms with Crippen LogP contribution in [0.1, 0.15) is 5.69 Å². The minimum Gasteiger partial charge on any atom is -0.480 e. The standard InChI is InChI=1S/C16H10F2N2O4/c17-11-3-1-2-10(6-11)16-19-13(9-24-16)8-23-15-7-12(18)4-5-14(15)20(21)22/h1-7,9H,8H2. The van der Waals surface area contributed by atoms with E-state index in [0.29, 0.717) is 11.3 Å². The Kier molecular flexibility index (Phi) is 4.19. The highest BCUT2D eigenvalue weighted by atomic mass is 19.1. The first-order valence-corrected chi connectivity index (χ1v) is 6.80. The number of nitro benzene ring substituents is 1. The van der Waals surface area contributed by atoms with Gasteiger partial charge < -0.3 is 9.15 Å². The molecule has 0 unspecified atom stereocenters. The second kappa shape index (κ2) is 6.45. The summed E-state index contributed by atoms with van der Waals surface area (Å²) in [5, 5.41) is 10.9. The van der Waals surface area contributed by atoms with Gasteiger partial charge in [-0.25, -0.2) is 13.8 Å². The monoisotopic (exact) mass is 332 g/mol. The van der Waals surface area contributed by atoms with Crippen molar-refractivity contribution in [2.75, 3.05) is 0 Å². The van der Waals surface area contributed by atoms with Crippen molar-refractivity contribution < 1.29 is 22.9 Å². The maximum absolute atomic E-state index is 13.2. The molecule has 0 spiro atoms. The molecule has 3 rings (SSSR count). The topological polar surface area (TPSA) is 78.4 Å². The Morgan fingerprint density at radius 3 is 2.71 bits per heavy atom. The van der Waals surface area contributed by atoms with Gasteiger partial charge in [-0.3, -0.25) is 10.1 Å². The minimum atomic E-state index is -0.671. The highest BCUT2D eigenvalue weighted by Crippen LogP contribution is 2.28. The van der Waals surface area contributed by atoms with Gasteiger partial charge >= 0.3 is 5.69 Å². The Morgan fingerprint density at radius 1 is 1.17 bits per heavy atom. The summed E-state index contributed by atoms with van der Waals surface area (Å²) in [7, 11) is 0. The van der Waals surface area contributed by atoms with Crippen LogP contribution in [0.15, 0.2) is 53.1 Å². The highest BCUT2D eigenvalue weighted by Gasteiger charge is 2.17. The van der Waals surface area contributed by atoms with Crippen LogP contribution in [0.3, 0.4) is 0 Å². The third-order valence-electron chi connectivity index (χ3n) is 3.12. The van der Waals surface area contributed by atoms with Crippen molar-refractivity contribution in [1.29, 1.82) is 0 Å². The highest BCUT2D eigenvalue weighted by molar-refractivity contribution is 5.53. The number of rotatable bonds is 5. The average molecular weight is 332 g/mol. The van der Waals surface area contributed by atoms with E-state index in [4.69, 9.17) is 9.15 Å². The molecule has 0 saturated heterocycles. The number of ether oxygens (including phenoxy) is 1. The molecule has 2 aromatic carbocycles. The molecule has 0 amide bonds. The smallest absolute Gasteiger partial charge is 0.311 e. The van der Waals surface area contributed by atoms with Gasteiger partial charge in [0, 0.05) is 17.7 Å². The van der Waals surface area contributed by atoms with Crippen LogP contribution < -0.4 is 4.74 Å². The fraction of sp³-hybridized carbons (Fsp3) is 0.0625. The number of nitro groups is 1. The van der Waals surface area contributed by atoms with E-state index in [2.05, 4.69) is 4.98 Å². The molecule has 0 radical (unpaired) electrons. The maximum atomic E-state index is 13.2. The number of hydrogen-bond donors (Lipinski definition) is 0. The van der Waals surface area contributed by atoms with E-state index < -0.39 is 16.6 Å². The van der Waals surface area contributed by atoms with E-state index in [0.717, 1.165) is 18.2 Å². The van der Waals surface area contributed by atoms with Crippen molar-refractivity contribution in [2.45, 2.75) is 6.61 Å². The van der Waals surface area contributed by atoms with E-state index in [1.807, 2.05) is 0 Å². The third kappa shape index (κ3) is 3.37. The molecule has 1 heterocycles. The second-order valence-corrected chi connectivity index (χ2v) is 4.81. The molecule has 3 aromatic rings. The minimum absolute atomic E-state index is 0.164. The lowest BCUT2D eigenvalue weighted by atomic mass is 10.2. The summed E-state index contributed by atoms with van der Waals surface area (Å²) in [6, 6.07) is 8.60. The second-order valence-electron chi connectivity index (χ2n) is 4.81. The largest absolute Gasteiger partial charge is 0.480 e. The first-order valence-electron chi connectivity index (χ1n) is 6.80. The van der Waals surface area contributed by atoms with Crippen LogP contribution in [0.5, 0.6) is 5.75 Å². The van der Waals surface area contributed by atoms with Crippen molar-refractivity contribution in [1.82, 2.24) is 4.98 Å². The lowest BCUT2D eigenvalue weighted by Crippen LogP contribution is -2.00. The molecule has 122 valence electrons. The SMILES string of the molecule is O=[N+]([O-])c1ccc(F)cc1OCc1coc(-c2cccc(F)c2)n1. The molecule has 0 aliphatic rings. The van der Waals surface area contributed by atoms with Gasteiger partial charge in [-0.1, -0.05) is 6.07 Å². The van der Waals surface area contributed by atoms with Crippen molar-refractivity contribution in [3.05, 3.63) is 76.2 Å². The zero-order valence-corrected chi connectivity index (χ0v) is 12.1. The summed E-state index contributed by atoms with van der Waals surface area (Å²) in [5.41, 5.74) is 0.413. The third-order valence-corrected chi connectivity index (χ3v) is 3.12. The van der Waals surface area contributed by atoms with Crippen molar-refractivity contribution in [3.63, 3.8) is 0 Å². The number of oxazole rings is 1. The van der Waals surface area contributed by atoms with Crippen LogP contribution in [-0.2, 0) is 6.61 Å². The zero-order chi connectivity index (χ0) is 17.1. The lowest BCUT2D eigenvalue weighted by Gasteiger charge is -2.04. The van der Waals surface area contributed by atoms with Gasteiger partial charge in [-0.2, -0.15) is 0 Å². The Morgan fingerprint density at radius 2 is 1.96 bits per heavy atom. The quantitative estimate of drug-likeness (QED) is 0.519. The predicted molar refractivity (Wildman–Crippen MR) is 79.3 cm³/mol. The van der Waals surface area contributed by atoms with Crippen molar-refractivity contribution in [2.24, 2.45) is 0 Å². The maximum Gasteiger partial charge on any atom is 0.311 e. The molecule has 1 aromatic heterocycles. The van der Waals surface area contributed by atoms with Gasteiger partial charge in [-0.15, -0.1) is 0 Å². The average Bonchev–Trinajstić information content (AvgIpc) is 3.01. The molecule has 0 N–H and O–H groups in total. The molecular formula is C16H10F2N2O4. The van der Waals surface area contributed by atoms with E-state index in [9.17, 15) is 18.9 Å². The molecule has 0 saturated carbocycles. The molecule has 6 nitrogen and oxygen atoms in total. The lowest BCUT2D eigenvalue weighted by molar-refractivity contribution is -0.386. The van der Waals surface area contributed by atoms with Crippen LogP contribution >= 0.6 is 0 Å². The number of hydrogen-bond acceptors (Lipinski definition) is 5.